The predicted molar refractivity (Wildman–Crippen MR) is 83.6 cm³/mol. The van der Waals surface area contributed by atoms with E-state index in [1.807, 2.05) is 36.4 Å². The molecule has 0 saturated heterocycles. The van der Waals surface area contributed by atoms with Crippen LogP contribution in [0, 0.1) is 5.82 Å². The van der Waals surface area contributed by atoms with Crippen molar-refractivity contribution in [1.82, 2.24) is 0 Å². The van der Waals surface area contributed by atoms with Gasteiger partial charge < -0.3 is 0 Å². The Kier molecular flexibility index (Phi) is 3.67. The van der Waals surface area contributed by atoms with Crippen LogP contribution in [0.3, 0.4) is 0 Å². The highest BCUT2D eigenvalue weighted by molar-refractivity contribution is 8.03. The molecule has 3 heteroatoms. The first-order chi connectivity index (χ1) is 10.2. The lowest BCUT2D eigenvalue weighted by molar-refractivity contribution is 0.592. The van der Waals surface area contributed by atoms with E-state index in [1.54, 1.807) is 42.5 Å². The molecule has 0 fully saturated rings. The number of hydrogen-bond donors (Lipinski definition) is 1. The van der Waals surface area contributed by atoms with E-state index in [4.69, 9.17) is 0 Å². The molecule has 0 unspecified atom stereocenters. The summed E-state index contributed by atoms with van der Waals surface area (Å²) in [6, 6.07) is 24.5. The van der Waals surface area contributed by atoms with Gasteiger partial charge in [-0.25, -0.2) is 4.39 Å². The van der Waals surface area contributed by atoms with Crippen molar-refractivity contribution in [2.24, 2.45) is 0 Å². The van der Waals surface area contributed by atoms with Gasteiger partial charge in [-0.05, 0) is 46.3 Å². The van der Waals surface area contributed by atoms with E-state index >= 15 is 0 Å². The first kappa shape index (κ1) is 13.7. The Morgan fingerprint density at radius 1 is 0.619 bits per heavy atom. The van der Waals surface area contributed by atoms with Gasteiger partial charge in [0.1, 0.15) is 5.82 Å². The second-order valence-corrected chi connectivity index (χ2v) is 7.46. The van der Waals surface area contributed by atoms with Crippen molar-refractivity contribution in [2.75, 3.05) is 0 Å². The lowest BCUT2D eigenvalue weighted by Gasteiger charge is -2.25. The smallest absolute Gasteiger partial charge is 0.137 e. The lowest BCUT2D eigenvalue weighted by Crippen LogP contribution is -2.15. The monoisotopic (exact) mass is 298 g/mol. The molecule has 0 N–H and O–H groups in total. The molecule has 0 saturated carbocycles. The molecule has 0 aliphatic carbocycles. The van der Waals surface area contributed by atoms with E-state index in [2.05, 4.69) is 0 Å². The maximum Gasteiger partial charge on any atom is 0.137 e. The van der Waals surface area contributed by atoms with Crippen LogP contribution in [-0.4, -0.2) is 4.21 Å². The average Bonchev–Trinajstić information content (AvgIpc) is 2.56. The second kappa shape index (κ2) is 5.62. The summed E-state index contributed by atoms with van der Waals surface area (Å²) in [6.45, 7) is 0. The van der Waals surface area contributed by atoms with Gasteiger partial charge in [0.25, 0.3) is 0 Å². The lowest BCUT2D eigenvalue weighted by atomic mass is 10.3. The topological polar surface area (TPSA) is 17.1 Å². The summed E-state index contributed by atoms with van der Waals surface area (Å²) in [6.07, 6.45) is 0. The first-order valence-electron chi connectivity index (χ1n) is 6.69. The fourth-order valence-corrected chi connectivity index (χ4v) is 5.12. The minimum atomic E-state index is -3.19. The molecule has 0 aliphatic heterocycles. The minimum absolute atomic E-state index is 0.252. The van der Waals surface area contributed by atoms with E-state index < -0.39 is 15.7 Å². The fraction of sp³-hybridized carbons (Fsp3) is 0. The van der Waals surface area contributed by atoms with Crippen LogP contribution in [0.5, 0.6) is 0 Å². The van der Waals surface area contributed by atoms with Gasteiger partial charge in [0.05, 0.1) is 4.90 Å². The normalized spacial score (nSPS) is 12.0. The Morgan fingerprint density at radius 2 is 1.05 bits per heavy atom. The Bertz CT molecular complexity index is 741. The van der Waals surface area contributed by atoms with Crippen LogP contribution in [0.1, 0.15) is 0 Å². The highest BCUT2D eigenvalue weighted by atomic mass is 32.2. The van der Waals surface area contributed by atoms with Gasteiger partial charge in [-0.15, -0.1) is 0 Å². The van der Waals surface area contributed by atoms with E-state index in [-0.39, 0.29) is 4.90 Å². The number of thiol groups is 1. The Hall–Kier alpha value is -2.26. The zero-order valence-corrected chi connectivity index (χ0v) is 12.2. The maximum absolute atomic E-state index is 14.3. The zero-order valence-electron chi connectivity index (χ0n) is 11.3. The quantitative estimate of drug-likeness (QED) is 0.713. The molecule has 3 aromatic rings. The van der Waals surface area contributed by atoms with Crippen LogP contribution in [0.2, 0.25) is 0 Å². The van der Waals surface area contributed by atoms with Crippen molar-refractivity contribution in [3.05, 3.63) is 90.7 Å². The molecular weight excluding hydrogens is 283 g/mol. The summed E-state index contributed by atoms with van der Waals surface area (Å²) in [5, 5.41) is 0. The van der Waals surface area contributed by atoms with Crippen LogP contribution >= 0.6 is 0 Å². The molecule has 0 spiro atoms. The average molecular weight is 298 g/mol. The summed E-state index contributed by atoms with van der Waals surface area (Å²) < 4.78 is 28.1. The van der Waals surface area contributed by atoms with Crippen LogP contribution in [0.15, 0.2) is 99.6 Å². The molecule has 0 aliphatic rings. The Balaban J connectivity index is 2.32. The molecule has 0 amide bonds. The third-order valence-corrected chi connectivity index (χ3v) is 6.52. The molecule has 0 heterocycles. The van der Waals surface area contributed by atoms with Crippen molar-refractivity contribution < 1.29 is 8.60 Å². The summed E-state index contributed by atoms with van der Waals surface area (Å²) in [5.41, 5.74) is 0. The standard InChI is InChI=1S/C18H15FOS/c19-17-13-7-8-14-18(17)21(20,15-9-3-1-4-10-15)16-11-5-2-6-12-16/h1-14,21H. The SMILES string of the molecule is O=[SH](c1ccccc1)(c1ccccc1)c1ccccc1F. The maximum atomic E-state index is 14.3. The van der Waals surface area contributed by atoms with Gasteiger partial charge in [-0.3, -0.25) is 4.21 Å². The molecule has 0 bridgehead atoms. The molecule has 3 aromatic carbocycles. The van der Waals surface area contributed by atoms with Crippen molar-refractivity contribution in [3.63, 3.8) is 0 Å². The van der Waals surface area contributed by atoms with Gasteiger partial charge in [-0.2, -0.15) is 0 Å². The van der Waals surface area contributed by atoms with Crippen LogP contribution < -0.4 is 0 Å². The van der Waals surface area contributed by atoms with Crippen LogP contribution in [-0.2, 0) is 9.93 Å². The largest absolute Gasteiger partial charge is 0.271 e. The van der Waals surface area contributed by atoms with Crippen molar-refractivity contribution in [2.45, 2.75) is 14.7 Å². The van der Waals surface area contributed by atoms with Gasteiger partial charge in [0.2, 0.25) is 0 Å². The molecule has 1 nitrogen and oxygen atoms in total. The molecule has 106 valence electrons. The van der Waals surface area contributed by atoms with Gasteiger partial charge in [-0.1, -0.05) is 48.5 Å². The fourth-order valence-electron chi connectivity index (χ4n) is 2.41. The third kappa shape index (κ3) is 2.41. The molecule has 0 radical (unpaired) electrons. The number of halogens is 1. The molecule has 21 heavy (non-hydrogen) atoms. The van der Waals surface area contributed by atoms with Gasteiger partial charge >= 0.3 is 0 Å². The minimum Gasteiger partial charge on any atom is -0.271 e. The Morgan fingerprint density at radius 3 is 1.52 bits per heavy atom. The predicted octanol–water partition coefficient (Wildman–Crippen LogP) is 4.32. The zero-order chi connectivity index (χ0) is 14.7. The summed E-state index contributed by atoms with van der Waals surface area (Å²) >= 11 is 0. The number of benzene rings is 3. The summed E-state index contributed by atoms with van der Waals surface area (Å²) in [7, 11) is -3.19. The number of rotatable bonds is 3. The highest BCUT2D eigenvalue weighted by Gasteiger charge is 2.25. The summed E-state index contributed by atoms with van der Waals surface area (Å²) in [4.78, 5) is 1.53. The second-order valence-electron chi connectivity index (χ2n) is 4.73. The van der Waals surface area contributed by atoms with Crippen molar-refractivity contribution in [3.8, 4) is 0 Å². The van der Waals surface area contributed by atoms with E-state index in [9.17, 15) is 8.60 Å². The number of hydrogen-bond acceptors (Lipinski definition) is 1. The van der Waals surface area contributed by atoms with Gasteiger partial charge in [0.15, 0.2) is 0 Å². The third-order valence-electron chi connectivity index (χ3n) is 3.43. The molecule has 0 atom stereocenters. The van der Waals surface area contributed by atoms with E-state index in [1.165, 1.54) is 6.07 Å². The van der Waals surface area contributed by atoms with E-state index in [0.29, 0.717) is 9.79 Å². The van der Waals surface area contributed by atoms with E-state index in [0.717, 1.165) is 0 Å². The van der Waals surface area contributed by atoms with Crippen LogP contribution in [0.4, 0.5) is 4.39 Å². The van der Waals surface area contributed by atoms with Crippen LogP contribution in [0.25, 0.3) is 0 Å². The van der Waals surface area contributed by atoms with Gasteiger partial charge in [0, 0.05) is 9.79 Å². The highest BCUT2D eigenvalue weighted by Crippen LogP contribution is 2.37. The van der Waals surface area contributed by atoms with Crippen molar-refractivity contribution in [1.29, 1.82) is 0 Å². The van der Waals surface area contributed by atoms with Crippen molar-refractivity contribution >= 4 is 9.93 Å². The molecule has 0 aromatic heterocycles. The first-order valence-corrected chi connectivity index (χ1v) is 8.40. The molecule has 3 rings (SSSR count). The summed E-state index contributed by atoms with van der Waals surface area (Å²) in [5.74, 6) is -0.437. The molecular formula is C18H15FOS. The Labute approximate surface area is 124 Å².